The fourth-order valence-corrected chi connectivity index (χ4v) is 3.05. The van der Waals surface area contributed by atoms with Gasteiger partial charge in [-0.1, -0.05) is 0 Å². The number of piperidine rings is 1. The highest BCUT2D eigenvalue weighted by Crippen LogP contribution is 2.48. The molecule has 0 radical (unpaired) electrons. The molecule has 2 fully saturated rings. The topological polar surface area (TPSA) is 33.3 Å². The van der Waals surface area contributed by atoms with Gasteiger partial charge in [-0.3, -0.25) is 0 Å². The van der Waals surface area contributed by atoms with Crippen molar-refractivity contribution in [3.05, 3.63) is 0 Å². The highest BCUT2D eigenvalue weighted by atomic mass is 16.5. The molecule has 1 unspecified atom stereocenters. The minimum absolute atomic E-state index is 0.600. The van der Waals surface area contributed by atoms with E-state index in [1.54, 1.807) is 0 Å². The summed E-state index contributed by atoms with van der Waals surface area (Å²) in [5.74, 6) is 0.934. The fraction of sp³-hybridized carbons (Fsp3) is 1.00. The standard InChI is InChI=1S/C15H30N2O/c1-18-11-8-15(6-7-15)13-17-10-3-5-14-4-2-9-16-12-14/h14,16-17H,2-13H2,1H3. The number of nitrogens with one attached hydrogen (secondary N) is 2. The van der Waals surface area contributed by atoms with Gasteiger partial charge in [0.05, 0.1) is 0 Å². The van der Waals surface area contributed by atoms with Gasteiger partial charge in [-0.15, -0.1) is 0 Å². The quantitative estimate of drug-likeness (QED) is 0.619. The molecule has 0 aromatic carbocycles. The Kier molecular flexibility index (Phi) is 5.93. The van der Waals surface area contributed by atoms with Gasteiger partial charge in [0, 0.05) is 20.3 Å². The zero-order valence-corrected chi connectivity index (χ0v) is 12.0. The van der Waals surface area contributed by atoms with Gasteiger partial charge in [0.25, 0.3) is 0 Å². The molecule has 2 aliphatic rings. The van der Waals surface area contributed by atoms with E-state index < -0.39 is 0 Å². The lowest BCUT2D eigenvalue weighted by atomic mass is 9.94. The van der Waals surface area contributed by atoms with Crippen LogP contribution in [0.5, 0.6) is 0 Å². The molecule has 0 bridgehead atoms. The van der Waals surface area contributed by atoms with Gasteiger partial charge in [0.2, 0.25) is 0 Å². The van der Waals surface area contributed by atoms with Gasteiger partial charge in [-0.05, 0) is 75.9 Å². The Labute approximate surface area is 112 Å². The van der Waals surface area contributed by atoms with Crippen LogP contribution in [-0.2, 0) is 4.74 Å². The van der Waals surface area contributed by atoms with Crippen LogP contribution in [0.4, 0.5) is 0 Å². The van der Waals surface area contributed by atoms with Crippen molar-refractivity contribution in [1.82, 2.24) is 10.6 Å². The molecule has 3 heteroatoms. The second kappa shape index (κ2) is 7.46. The van der Waals surface area contributed by atoms with Crippen molar-refractivity contribution in [2.75, 3.05) is 39.9 Å². The first kappa shape index (κ1) is 14.3. The molecule has 1 heterocycles. The van der Waals surface area contributed by atoms with Crippen molar-refractivity contribution in [3.63, 3.8) is 0 Å². The highest BCUT2D eigenvalue weighted by molar-refractivity contribution is 4.94. The van der Waals surface area contributed by atoms with Crippen LogP contribution in [0.15, 0.2) is 0 Å². The number of hydrogen-bond donors (Lipinski definition) is 2. The molecule has 3 nitrogen and oxygen atoms in total. The van der Waals surface area contributed by atoms with Crippen LogP contribution in [0.1, 0.15) is 44.9 Å². The van der Waals surface area contributed by atoms with Gasteiger partial charge in [0.1, 0.15) is 0 Å². The van der Waals surface area contributed by atoms with E-state index in [1.165, 1.54) is 71.1 Å². The van der Waals surface area contributed by atoms with E-state index in [9.17, 15) is 0 Å². The zero-order valence-electron chi connectivity index (χ0n) is 12.0. The number of rotatable bonds is 9. The normalized spacial score (nSPS) is 26.2. The molecule has 0 aromatic heterocycles. The maximum Gasteiger partial charge on any atom is 0.0468 e. The molecule has 2 N–H and O–H groups in total. The minimum Gasteiger partial charge on any atom is -0.385 e. The maximum absolute atomic E-state index is 5.19. The Bertz CT molecular complexity index is 223. The van der Waals surface area contributed by atoms with Gasteiger partial charge < -0.3 is 15.4 Å². The van der Waals surface area contributed by atoms with Crippen LogP contribution in [-0.4, -0.2) is 39.9 Å². The second-order valence-corrected chi connectivity index (χ2v) is 6.27. The molecule has 0 aromatic rings. The first-order chi connectivity index (χ1) is 8.85. The van der Waals surface area contributed by atoms with Crippen molar-refractivity contribution in [2.45, 2.75) is 44.9 Å². The van der Waals surface area contributed by atoms with E-state index in [2.05, 4.69) is 10.6 Å². The molecule has 106 valence electrons. The van der Waals surface area contributed by atoms with Crippen molar-refractivity contribution < 1.29 is 4.74 Å². The molecule has 1 aliphatic heterocycles. The fourth-order valence-electron chi connectivity index (χ4n) is 3.05. The largest absolute Gasteiger partial charge is 0.385 e. The molecule has 0 spiro atoms. The summed E-state index contributed by atoms with van der Waals surface area (Å²) in [6.07, 6.45) is 9.58. The van der Waals surface area contributed by atoms with Crippen molar-refractivity contribution in [2.24, 2.45) is 11.3 Å². The Morgan fingerprint density at radius 3 is 2.94 bits per heavy atom. The summed E-state index contributed by atoms with van der Waals surface area (Å²) >= 11 is 0. The van der Waals surface area contributed by atoms with Gasteiger partial charge >= 0.3 is 0 Å². The molecule has 1 saturated heterocycles. The van der Waals surface area contributed by atoms with Crippen molar-refractivity contribution in [3.8, 4) is 0 Å². The van der Waals surface area contributed by atoms with Crippen molar-refractivity contribution in [1.29, 1.82) is 0 Å². The maximum atomic E-state index is 5.19. The van der Waals surface area contributed by atoms with Crippen LogP contribution in [0.25, 0.3) is 0 Å². The number of hydrogen-bond acceptors (Lipinski definition) is 3. The van der Waals surface area contributed by atoms with E-state index in [0.717, 1.165) is 12.5 Å². The molecule has 1 atom stereocenters. The first-order valence-corrected chi connectivity index (χ1v) is 7.75. The lowest BCUT2D eigenvalue weighted by Crippen LogP contribution is -2.31. The Morgan fingerprint density at radius 1 is 1.39 bits per heavy atom. The molecular formula is C15H30N2O. The first-order valence-electron chi connectivity index (χ1n) is 7.75. The van der Waals surface area contributed by atoms with E-state index in [0.29, 0.717) is 5.41 Å². The molecule has 18 heavy (non-hydrogen) atoms. The molecule has 0 amide bonds. The average molecular weight is 254 g/mol. The summed E-state index contributed by atoms with van der Waals surface area (Å²) in [6, 6.07) is 0. The third-order valence-electron chi connectivity index (χ3n) is 4.66. The van der Waals surface area contributed by atoms with Gasteiger partial charge in [0.15, 0.2) is 0 Å². The Balaban J connectivity index is 1.46. The molecule has 1 saturated carbocycles. The minimum atomic E-state index is 0.600. The Morgan fingerprint density at radius 2 is 2.28 bits per heavy atom. The monoisotopic (exact) mass is 254 g/mol. The SMILES string of the molecule is COCCC1(CNCCCC2CCCNC2)CC1. The van der Waals surface area contributed by atoms with E-state index in [1.807, 2.05) is 7.11 Å². The summed E-state index contributed by atoms with van der Waals surface area (Å²) in [5, 5.41) is 7.16. The second-order valence-electron chi connectivity index (χ2n) is 6.27. The summed E-state index contributed by atoms with van der Waals surface area (Å²) in [5.41, 5.74) is 0.600. The van der Waals surface area contributed by atoms with Crippen LogP contribution in [0, 0.1) is 11.3 Å². The van der Waals surface area contributed by atoms with Crippen molar-refractivity contribution >= 4 is 0 Å². The van der Waals surface area contributed by atoms with Crippen LogP contribution in [0.3, 0.4) is 0 Å². The van der Waals surface area contributed by atoms with Crippen LogP contribution < -0.4 is 10.6 Å². The summed E-state index contributed by atoms with van der Waals surface area (Å²) in [4.78, 5) is 0. The number of ether oxygens (including phenoxy) is 1. The summed E-state index contributed by atoms with van der Waals surface area (Å²) in [7, 11) is 1.81. The summed E-state index contributed by atoms with van der Waals surface area (Å²) < 4.78 is 5.19. The summed E-state index contributed by atoms with van der Waals surface area (Å²) in [6.45, 7) is 5.81. The highest BCUT2D eigenvalue weighted by Gasteiger charge is 2.41. The smallest absolute Gasteiger partial charge is 0.0468 e. The van der Waals surface area contributed by atoms with E-state index in [4.69, 9.17) is 4.74 Å². The van der Waals surface area contributed by atoms with Gasteiger partial charge in [-0.2, -0.15) is 0 Å². The molecular weight excluding hydrogens is 224 g/mol. The van der Waals surface area contributed by atoms with E-state index >= 15 is 0 Å². The average Bonchev–Trinajstić information content (AvgIpc) is 3.18. The lowest BCUT2D eigenvalue weighted by Gasteiger charge is -2.22. The molecule has 1 aliphatic carbocycles. The number of methoxy groups -OCH3 is 1. The predicted octanol–water partition coefficient (Wildman–Crippen LogP) is 2.17. The molecule has 2 rings (SSSR count). The third-order valence-corrected chi connectivity index (χ3v) is 4.66. The van der Waals surface area contributed by atoms with Gasteiger partial charge in [-0.25, -0.2) is 0 Å². The van der Waals surface area contributed by atoms with Crippen LogP contribution in [0.2, 0.25) is 0 Å². The zero-order chi connectivity index (χ0) is 12.7. The third kappa shape index (κ3) is 4.87. The van der Waals surface area contributed by atoms with E-state index in [-0.39, 0.29) is 0 Å². The Hall–Kier alpha value is -0.120. The van der Waals surface area contributed by atoms with Crippen LogP contribution >= 0.6 is 0 Å². The predicted molar refractivity (Wildman–Crippen MR) is 75.9 cm³/mol. The lowest BCUT2D eigenvalue weighted by molar-refractivity contribution is 0.171.